The first kappa shape index (κ1) is 19.2. The minimum absolute atomic E-state index is 0.0729. The highest BCUT2D eigenvalue weighted by Gasteiger charge is 2.59. The Hall–Kier alpha value is -3.47. The van der Waals surface area contributed by atoms with Crippen LogP contribution in [0.15, 0.2) is 72.8 Å². The van der Waals surface area contributed by atoms with Crippen molar-refractivity contribution >= 4 is 29.0 Å². The van der Waals surface area contributed by atoms with Crippen LogP contribution in [0.25, 0.3) is 5.57 Å². The Balaban J connectivity index is 1.22. The molecule has 160 valence electrons. The van der Waals surface area contributed by atoms with Gasteiger partial charge in [-0.05, 0) is 54.0 Å². The van der Waals surface area contributed by atoms with Crippen LogP contribution in [0.5, 0.6) is 0 Å². The van der Waals surface area contributed by atoms with Crippen molar-refractivity contribution in [3.05, 3.63) is 84.0 Å². The Morgan fingerprint density at radius 1 is 0.875 bits per heavy atom. The van der Waals surface area contributed by atoms with Crippen LogP contribution in [0, 0.1) is 23.7 Å². The maximum atomic E-state index is 13.2. The van der Waals surface area contributed by atoms with E-state index in [0.717, 1.165) is 12.8 Å². The van der Waals surface area contributed by atoms with E-state index in [0.29, 0.717) is 24.3 Å². The molecule has 2 aromatic rings. The Morgan fingerprint density at radius 3 is 2.25 bits per heavy atom. The molecule has 32 heavy (non-hydrogen) atoms. The third kappa shape index (κ3) is 2.88. The molecule has 1 saturated heterocycles. The fourth-order valence-corrected chi connectivity index (χ4v) is 5.89. The van der Waals surface area contributed by atoms with Gasteiger partial charge in [0, 0.05) is 18.7 Å². The number of imide groups is 1. The monoisotopic (exact) mass is 424 g/mol. The van der Waals surface area contributed by atoms with Gasteiger partial charge in [0.25, 0.3) is 5.91 Å². The third-order valence-corrected chi connectivity index (χ3v) is 7.46. The van der Waals surface area contributed by atoms with Crippen LogP contribution in [-0.2, 0) is 9.59 Å². The summed E-state index contributed by atoms with van der Waals surface area (Å²) in [6.45, 7) is 1.19. The lowest BCUT2D eigenvalue weighted by Gasteiger charge is -2.27. The molecule has 5 nitrogen and oxygen atoms in total. The standard InChI is InChI=1S/C27H24N2O3/c30-25(28-13-11-18(12-14-28)17-5-2-1-3-6-17)21-7-4-8-22(16-21)29-26(31)23-19-9-10-20(15-19)24(23)27(29)32/h1-11,16,19-20,23-24H,12-15H2/t19-,20-,23-,24-/m0/s1. The fraction of sp³-hybridized carbons (Fsp3) is 0.296. The van der Waals surface area contributed by atoms with Crippen molar-refractivity contribution < 1.29 is 14.4 Å². The molecule has 2 bridgehead atoms. The van der Waals surface area contributed by atoms with Gasteiger partial charge in [-0.1, -0.05) is 54.6 Å². The molecule has 2 heterocycles. The van der Waals surface area contributed by atoms with Crippen molar-refractivity contribution in [3.8, 4) is 0 Å². The average Bonchev–Trinajstić information content (AvgIpc) is 3.53. The molecule has 2 aliphatic heterocycles. The van der Waals surface area contributed by atoms with Crippen molar-refractivity contribution in [1.82, 2.24) is 4.90 Å². The highest BCUT2D eigenvalue weighted by molar-refractivity contribution is 6.23. The predicted octanol–water partition coefficient (Wildman–Crippen LogP) is 3.93. The molecule has 2 aromatic carbocycles. The lowest BCUT2D eigenvalue weighted by atomic mass is 9.85. The Bertz CT molecular complexity index is 1150. The molecule has 2 aliphatic carbocycles. The van der Waals surface area contributed by atoms with E-state index in [9.17, 15) is 14.4 Å². The summed E-state index contributed by atoms with van der Waals surface area (Å²) in [4.78, 5) is 42.5. The number of allylic oxidation sites excluding steroid dienone is 2. The number of fused-ring (bicyclic) bond motifs is 5. The number of benzene rings is 2. The van der Waals surface area contributed by atoms with E-state index >= 15 is 0 Å². The van der Waals surface area contributed by atoms with E-state index in [2.05, 4.69) is 30.4 Å². The number of rotatable bonds is 3. The van der Waals surface area contributed by atoms with Crippen molar-refractivity contribution in [2.45, 2.75) is 12.8 Å². The van der Waals surface area contributed by atoms with Crippen LogP contribution < -0.4 is 4.90 Å². The molecule has 6 rings (SSSR count). The number of hydrogen-bond donors (Lipinski definition) is 0. The SMILES string of the molecule is O=C(c1cccc(N2C(=O)[C@@H]3[C@@H](C2=O)[C@H]2C=C[C@H]3C2)c1)N1CC=C(c2ccccc2)CC1. The molecule has 4 atom stereocenters. The van der Waals surface area contributed by atoms with Crippen molar-refractivity contribution in [3.63, 3.8) is 0 Å². The van der Waals surface area contributed by atoms with Gasteiger partial charge in [0.05, 0.1) is 17.5 Å². The van der Waals surface area contributed by atoms with Crippen LogP contribution >= 0.6 is 0 Å². The number of nitrogens with zero attached hydrogens (tertiary/aromatic N) is 2. The molecule has 0 spiro atoms. The summed E-state index contributed by atoms with van der Waals surface area (Å²) in [6.07, 6.45) is 8.00. The van der Waals surface area contributed by atoms with Crippen LogP contribution in [0.1, 0.15) is 28.8 Å². The number of carbonyl (C=O) groups excluding carboxylic acids is 3. The van der Waals surface area contributed by atoms with Crippen LogP contribution in [-0.4, -0.2) is 35.7 Å². The van der Waals surface area contributed by atoms with E-state index < -0.39 is 0 Å². The summed E-state index contributed by atoms with van der Waals surface area (Å²) in [7, 11) is 0. The molecule has 3 amide bonds. The second-order valence-electron chi connectivity index (χ2n) is 9.16. The largest absolute Gasteiger partial charge is 0.335 e. The Labute approximate surface area is 187 Å². The van der Waals surface area contributed by atoms with E-state index in [1.54, 1.807) is 24.3 Å². The lowest BCUT2D eigenvalue weighted by molar-refractivity contribution is -0.123. The van der Waals surface area contributed by atoms with Gasteiger partial charge in [-0.2, -0.15) is 0 Å². The molecular weight excluding hydrogens is 400 g/mol. The van der Waals surface area contributed by atoms with Gasteiger partial charge < -0.3 is 4.90 Å². The average molecular weight is 425 g/mol. The summed E-state index contributed by atoms with van der Waals surface area (Å²) < 4.78 is 0. The topological polar surface area (TPSA) is 57.7 Å². The van der Waals surface area contributed by atoms with Crippen molar-refractivity contribution in [2.24, 2.45) is 23.7 Å². The van der Waals surface area contributed by atoms with Gasteiger partial charge in [-0.15, -0.1) is 0 Å². The second kappa shape index (κ2) is 7.30. The Kier molecular flexibility index (Phi) is 4.39. The minimum atomic E-state index is -0.236. The lowest BCUT2D eigenvalue weighted by Crippen LogP contribution is -2.35. The van der Waals surface area contributed by atoms with Gasteiger partial charge in [0.2, 0.25) is 11.8 Å². The zero-order valence-corrected chi connectivity index (χ0v) is 17.7. The molecule has 1 saturated carbocycles. The molecule has 0 radical (unpaired) electrons. The van der Waals surface area contributed by atoms with Gasteiger partial charge >= 0.3 is 0 Å². The first-order valence-electron chi connectivity index (χ1n) is 11.3. The Morgan fingerprint density at radius 2 is 1.59 bits per heavy atom. The number of carbonyl (C=O) groups is 3. The highest BCUT2D eigenvalue weighted by Crippen LogP contribution is 2.53. The van der Waals surface area contributed by atoms with E-state index in [4.69, 9.17) is 0 Å². The molecule has 5 heteroatoms. The normalized spacial score (nSPS) is 28.3. The number of anilines is 1. The van der Waals surface area contributed by atoms with E-state index in [1.165, 1.54) is 16.0 Å². The van der Waals surface area contributed by atoms with Crippen LogP contribution in [0.3, 0.4) is 0 Å². The maximum Gasteiger partial charge on any atom is 0.254 e. The summed E-state index contributed by atoms with van der Waals surface area (Å²) in [5.41, 5.74) is 3.48. The molecular formula is C27H24N2O3. The summed E-state index contributed by atoms with van der Waals surface area (Å²) in [5.74, 6) is -0.424. The van der Waals surface area contributed by atoms with E-state index in [-0.39, 0.29) is 41.4 Å². The second-order valence-corrected chi connectivity index (χ2v) is 9.16. The van der Waals surface area contributed by atoms with Crippen molar-refractivity contribution in [2.75, 3.05) is 18.0 Å². The van der Waals surface area contributed by atoms with Gasteiger partial charge in [-0.25, -0.2) is 4.90 Å². The quantitative estimate of drug-likeness (QED) is 0.554. The highest BCUT2D eigenvalue weighted by atomic mass is 16.2. The molecule has 0 N–H and O–H groups in total. The molecule has 2 fully saturated rings. The maximum absolute atomic E-state index is 13.2. The summed E-state index contributed by atoms with van der Waals surface area (Å²) in [6, 6.07) is 17.2. The first-order chi connectivity index (χ1) is 15.6. The molecule has 0 aromatic heterocycles. The van der Waals surface area contributed by atoms with Gasteiger partial charge in [-0.3, -0.25) is 14.4 Å². The first-order valence-corrected chi connectivity index (χ1v) is 11.3. The predicted molar refractivity (Wildman–Crippen MR) is 122 cm³/mol. The van der Waals surface area contributed by atoms with Crippen molar-refractivity contribution in [1.29, 1.82) is 0 Å². The summed E-state index contributed by atoms with van der Waals surface area (Å²) in [5, 5.41) is 0. The third-order valence-electron chi connectivity index (χ3n) is 7.46. The van der Waals surface area contributed by atoms with Crippen LogP contribution in [0.2, 0.25) is 0 Å². The fourth-order valence-electron chi connectivity index (χ4n) is 5.89. The molecule has 4 aliphatic rings. The van der Waals surface area contributed by atoms with Gasteiger partial charge in [0.1, 0.15) is 0 Å². The molecule has 0 unspecified atom stereocenters. The summed E-state index contributed by atoms with van der Waals surface area (Å²) >= 11 is 0. The smallest absolute Gasteiger partial charge is 0.254 e. The van der Waals surface area contributed by atoms with Gasteiger partial charge in [0.15, 0.2) is 0 Å². The zero-order valence-electron chi connectivity index (χ0n) is 17.7. The van der Waals surface area contributed by atoms with E-state index in [1.807, 2.05) is 23.1 Å². The number of hydrogen-bond acceptors (Lipinski definition) is 3. The zero-order chi connectivity index (χ0) is 21.8. The van der Waals surface area contributed by atoms with Crippen LogP contribution in [0.4, 0.5) is 5.69 Å². The number of amides is 3. The minimum Gasteiger partial charge on any atom is -0.335 e.